The van der Waals surface area contributed by atoms with Gasteiger partial charge in [-0.1, -0.05) is 6.07 Å². The van der Waals surface area contributed by atoms with Gasteiger partial charge in [0.2, 0.25) is 5.91 Å². The minimum Gasteiger partial charge on any atom is -0.493 e. The molecule has 2 fully saturated rings. The second-order valence-corrected chi connectivity index (χ2v) is 10.1. The number of anilines is 1. The molecule has 2 amide bonds. The molecule has 2 aromatic rings. The van der Waals surface area contributed by atoms with Gasteiger partial charge in [0.1, 0.15) is 5.75 Å². The fourth-order valence-corrected chi connectivity index (χ4v) is 5.26. The van der Waals surface area contributed by atoms with Gasteiger partial charge in [-0.15, -0.1) is 0 Å². The molecule has 1 saturated heterocycles. The number of aryl methyl sites for hydroxylation is 1. The van der Waals surface area contributed by atoms with Crippen molar-refractivity contribution in [3.8, 4) is 11.8 Å². The summed E-state index contributed by atoms with van der Waals surface area (Å²) < 4.78 is 11.0. The van der Waals surface area contributed by atoms with Gasteiger partial charge in [0.15, 0.2) is 0 Å². The van der Waals surface area contributed by atoms with Gasteiger partial charge < -0.3 is 25.2 Å². The first-order valence-electron chi connectivity index (χ1n) is 12.6. The van der Waals surface area contributed by atoms with Crippen LogP contribution in [0.2, 0.25) is 0 Å². The number of aliphatic carboxylic acids is 1. The van der Waals surface area contributed by atoms with Crippen molar-refractivity contribution in [2.45, 2.75) is 37.5 Å². The summed E-state index contributed by atoms with van der Waals surface area (Å²) in [5.74, 6) is -0.424. The molecule has 2 heterocycles. The quantitative estimate of drug-likeness (QED) is 0.478. The predicted molar refractivity (Wildman–Crippen MR) is 133 cm³/mol. The van der Waals surface area contributed by atoms with Crippen LogP contribution in [0.3, 0.4) is 0 Å². The summed E-state index contributed by atoms with van der Waals surface area (Å²) in [7, 11) is 0. The third-order valence-corrected chi connectivity index (χ3v) is 7.57. The van der Waals surface area contributed by atoms with Crippen LogP contribution < -0.4 is 15.4 Å². The number of carboxylic acid groups (broad SMARTS) is 1. The average Bonchev–Trinajstić information content (AvgIpc) is 3.58. The van der Waals surface area contributed by atoms with E-state index in [0.29, 0.717) is 80.5 Å². The first-order chi connectivity index (χ1) is 17.9. The van der Waals surface area contributed by atoms with Gasteiger partial charge in [-0.3, -0.25) is 14.4 Å². The fourth-order valence-electron chi connectivity index (χ4n) is 5.26. The molecule has 3 aliphatic rings. The molecule has 1 spiro atoms. The second kappa shape index (κ2) is 10.2. The number of carboxylic acids is 1. The molecule has 1 aliphatic carbocycles. The molecule has 3 N–H and O–H groups in total. The van der Waals surface area contributed by atoms with Crippen molar-refractivity contribution >= 4 is 23.5 Å². The Morgan fingerprint density at radius 3 is 2.73 bits per heavy atom. The number of nitrogens with zero attached hydrogens (tertiary/aromatic N) is 1. The Labute approximate surface area is 214 Å². The molecule has 37 heavy (non-hydrogen) atoms. The van der Waals surface area contributed by atoms with Crippen LogP contribution in [-0.2, 0) is 26.2 Å². The molecular formula is C28H29N3O6. The molecule has 0 bridgehead atoms. The van der Waals surface area contributed by atoms with E-state index in [1.807, 2.05) is 12.1 Å². The summed E-state index contributed by atoms with van der Waals surface area (Å²) in [6.07, 6.45) is 2.25. The van der Waals surface area contributed by atoms with E-state index in [4.69, 9.17) is 14.6 Å². The number of nitrogens with one attached hydrogen (secondary N) is 2. The maximum absolute atomic E-state index is 13.4. The van der Waals surface area contributed by atoms with E-state index < -0.39 is 11.4 Å². The van der Waals surface area contributed by atoms with Crippen molar-refractivity contribution in [2.24, 2.45) is 11.8 Å². The number of benzene rings is 2. The lowest BCUT2D eigenvalue weighted by Gasteiger charge is -2.28. The number of nitriles is 1. The number of hydrogen-bond acceptors (Lipinski definition) is 6. The number of carbonyl (C=O) groups is 3. The SMILES string of the molecule is N#Cc1ccc(CCCC(=O)O)c(NC(=O)[C@@H]2C[C@]23CCOc2ccc(C(=O)NCC4COC4)cc23)c1. The van der Waals surface area contributed by atoms with Crippen LogP contribution in [0, 0.1) is 23.2 Å². The van der Waals surface area contributed by atoms with E-state index in [2.05, 4.69) is 16.7 Å². The smallest absolute Gasteiger partial charge is 0.303 e. The van der Waals surface area contributed by atoms with Crippen LogP contribution in [0.1, 0.15) is 52.7 Å². The zero-order valence-electron chi connectivity index (χ0n) is 20.4. The summed E-state index contributed by atoms with van der Waals surface area (Å²) in [5.41, 5.74) is 2.78. The van der Waals surface area contributed by atoms with Gasteiger partial charge in [0, 0.05) is 47.0 Å². The second-order valence-electron chi connectivity index (χ2n) is 10.1. The van der Waals surface area contributed by atoms with Crippen molar-refractivity contribution in [3.63, 3.8) is 0 Å². The van der Waals surface area contributed by atoms with Crippen molar-refractivity contribution in [2.75, 3.05) is 31.7 Å². The Balaban J connectivity index is 1.31. The van der Waals surface area contributed by atoms with E-state index >= 15 is 0 Å². The molecule has 192 valence electrons. The van der Waals surface area contributed by atoms with E-state index in [1.54, 1.807) is 24.3 Å². The molecule has 9 nitrogen and oxygen atoms in total. The van der Waals surface area contributed by atoms with E-state index in [1.165, 1.54) is 0 Å². The third-order valence-electron chi connectivity index (χ3n) is 7.57. The highest BCUT2D eigenvalue weighted by atomic mass is 16.5. The normalized spacial score (nSPS) is 21.6. The summed E-state index contributed by atoms with van der Waals surface area (Å²) in [4.78, 5) is 37.1. The number of rotatable bonds is 9. The largest absolute Gasteiger partial charge is 0.493 e. The van der Waals surface area contributed by atoms with Gasteiger partial charge >= 0.3 is 5.97 Å². The van der Waals surface area contributed by atoms with E-state index in [0.717, 1.165) is 11.1 Å². The zero-order valence-corrected chi connectivity index (χ0v) is 20.4. The van der Waals surface area contributed by atoms with Crippen molar-refractivity contribution in [3.05, 3.63) is 58.7 Å². The topological polar surface area (TPSA) is 138 Å². The highest BCUT2D eigenvalue weighted by Gasteiger charge is 2.61. The highest BCUT2D eigenvalue weighted by molar-refractivity contribution is 5.98. The van der Waals surface area contributed by atoms with Gasteiger partial charge in [0.05, 0.1) is 31.5 Å². The molecule has 1 saturated carbocycles. The molecule has 0 radical (unpaired) electrons. The number of ether oxygens (including phenoxy) is 2. The third kappa shape index (κ3) is 5.16. The zero-order chi connectivity index (χ0) is 26.0. The lowest BCUT2D eigenvalue weighted by molar-refractivity contribution is -0.137. The van der Waals surface area contributed by atoms with E-state index in [9.17, 15) is 19.6 Å². The van der Waals surface area contributed by atoms with Crippen molar-refractivity contribution in [1.29, 1.82) is 5.26 Å². The van der Waals surface area contributed by atoms with Gasteiger partial charge in [-0.25, -0.2) is 0 Å². The van der Waals surface area contributed by atoms with Gasteiger partial charge in [0.25, 0.3) is 5.91 Å². The number of carbonyl (C=O) groups excluding carboxylic acids is 2. The predicted octanol–water partition coefficient (Wildman–Crippen LogP) is 3.02. The summed E-state index contributed by atoms with van der Waals surface area (Å²) in [5, 5.41) is 24.3. The van der Waals surface area contributed by atoms with Crippen molar-refractivity contribution in [1.82, 2.24) is 5.32 Å². The monoisotopic (exact) mass is 503 g/mol. The van der Waals surface area contributed by atoms with Gasteiger partial charge in [-0.2, -0.15) is 5.26 Å². The Morgan fingerprint density at radius 2 is 2.00 bits per heavy atom. The van der Waals surface area contributed by atoms with Crippen LogP contribution in [-0.4, -0.2) is 49.3 Å². The Morgan fingerprint density at radius 1 is 1.16 bits per heavy atom. The molecule has 2 aliphatic heterocycles. The Hall–Kier alpha value is -3.90. The summed E-state index contributed by atoms with van der Waals surface area (Å²) in [6, 6.07) is 12.6. The van der Waals surface area contributed by atoms with Gasteiger partial charge in [-0.05, 0) is 61.6 Å². The molecule has 5 rings (SSSR count). The minimum absolute atomic E-state index is 0.0280. The summed E-state index contributed by atoms with van der Waals surface area (Å²) in [6.45, 7) is 2.39. The minimum atomic E-state index is -0.873. The van der Waals surface area contributed by atoms with Crippen molar-refractivity contribution < 1.29 is 29.0 Å². The highest BCUT2D eigenvalue weighted by Crippen LogP contribution is 2.61. The number of amides is 2. The fraction of sp³-hybridized carbons (Fsp3) is 0.429. The average molecular weight is 504 g/mol. The molecule has 9 heteroatoms. The number of hydrogen-bond donors (Lipinski definition) is 3. The summed E-state index contributed by atoms with van der Waals surface area (Å²) >= 11 is 0. The van der Waals surface area contributed by atoms with E-state index in [-0.39, 0.29) is 24.2 Å². The number of fused-ring (bicyclic) bond motifs is 2. The van der Waals surface area contributed by atoms with Crippen LogP contribution >= 0.6 is 0 Å². The first kappa shape index (κ1) is 24.8. The van der Waals surface area contributed by atoms with Crippen LogP contribution in [0.25, 0.3) is 0 Å². The first-order valence-corrected chi connectivity index (χ1v) is 12.6. The molecule has 0 aromatic heterocycles. The van der Waals surface area contributed by atoms with Crippen LogP contribution in [0.5, 0.6) is 5.75 Å². The molecule has 2 atom stereocenters. The Kier molecular flexibility index (Phi) is 6.85. The molecule has 0 unspecified atom stereocenters. The standard InChI is InChI=1S/C28H29N3O6/c29-13-17-4-5-19(2-1-3-25(32)33)23(10-17)31-27(35)22-12-28(22)8-9-37-24-7-6-20(11-21(24)28)26(34)30-14-18-15-36-16-18/h4-7,10-11,18,22H,1-3,8-9,12,14-16H2,(H,30,34)(H,31,35)(H,32,33)/t22-,28-/m0/s1. The lowest BCUT2D eigenvalue weighted by Crippen LogP contribution is -2.39. The Bertz CT molecular complexity index is 1280. The maximum atomic E-state index is 13.4. The molecule has 2 aromatic carbocycles. The maximum Gasteiger partial charge on any atom is 0.303 e. The van der Waals surface area contributed by atoms with Crippen LogP contribution in [0.4, 0.5) is 5.69 Å². The lowest BCUT2D eigenvalue weighted by atomic mass is 9.86. The molecular weight excluding hydrogens is 474 g/mol. The van der Waals surface area contributed by atoms with Crippen LogP contribution in [0.15, 0.2) is 36.4 Å².